The average molecular weight is 266 g/mol. The summed E-state index contributed by atoms with van der Waals surface area (Å²) in [6.45, 7) is 0. The van der Waals surface area contributed by atoms with Crippen molar-refractivity contribution in [3.05, 3.63) is 60.7 Å². The van der Waals surface area contributed by atoms with Crippen LogP contribution in [0, 0.1) is 0 Å². The van der Waals surface area contributed by atoms with E-state index in [0.717, 1.165) is 5.69 Å². The van der Waals surface area contributed by atoms with Gasteiger partial charge in [-0.25, -0.2) is 0 Å². The predicted molar refractivity (Wildman–Crippen MR) is 72.5 cm³/mol. The Balaban J connectivity index is 0.000000199. The van der Waals surface area contributed by atoms with Gasteiger partial charge in [-0.1, -0.05) is 36.4 Å². The van der Waals surface area contributed by atoms with E-state index in [4.69, 9.17) is 10.3 Å². The number of nitrogens with one attached hydrogen (secondary N) is 1. The minimum Gasteiger partial charge on any atom is -0.399 e. The highest BCUT2D eigenvalue weighted by atomic mass is 32.2. The van der Waals surface area contributed by atoms with E-state index in [9.17, 15) is 8.42 Å². The zero-order chi connectivity index (χ0) is 13.4. The zero-order valence-corrected chi connectivity index (χ0v) is 10.3. The monoisotopic (exact) mass is 266 g/mol. The summed E-state index contributed by atoms with van der Waals surface area (Å²) in [7, 11) is -4.13. The summed E-state index contributed by atoms with van der Waals surface area (Å²) in [5.74, 6) is 0. The molecule has 0 aromatic heterocycles. The Morgan fingerprint density at radius 2 is 1.33 bits per heavy atom. The van der Waals surface area contributed by atoms with E-state index < -0.39 is 10.3 Å². The molecule has 0 fully saturated rings. The van der Waals surface area contributed by atoms with E-state index >= 15 is 0 Å². The Labute approximate surface area is 106 Å². The molecule has 4 N–H and O–H groups in total. The van der Waals surface area contributed by atoms with Gasteiger partial charge in [-0.2, -0.15) is 8.42 Å². The molecule has 0 unspecified atom stereocenters. The normalized spacial score (nSPS) is 10.1. The van der Waals surface area contributed by atoms with Crippen molar-refractivity contribution in [2.75, 3.05) is 10.5 Å². The molecule has 2 rings (SSSR count). The van der Waals surface area contributed by atoms with Crippen molar-refractivity contribution in [2.45, 2.75) is 0 Å². The standard InChI is InChI=1S/C6H7NO3S.C6H7N/c8-11(9,10)7-6-4-2-1-3-5-6;7-6-4-2-1-3-5-6/h1-5,7H,(H,8,9,10);1-5H,7H2. The molecule has 6 heteroatoms. The van der Waals surface area contributed by atoms with Crippen molar-refractivity contribution in [3.63, 3.8) is 0 Å². The first kappa shape index (κ1) is 14.0. The lowest BCUT2D eigenvalue weighted by Gasteiger charge is -1.99. The number of anilines is 2. The van der Waals surface area contributed by atoms with Crippen LogP contribution in [0.3, 0.4) is 0 Å². The number of hydrogen-bond donors (Lipinski definition) is 3. The minimum absolute atomic E-state index is 0.343. The Hall–Kier alpha value is -2.05. The van der Waals surface area contributed by atoms with Crippen LogP contribution in [0.5, 0.6) is 0 Å². The van der Waals surface area contributed by atoms with E-state index in [2.05, 4.69) is 0 Å². The van der Waals surface area contributed by atoms with Crippen LogP contribution < -0.4 is 10.5 Å². The first-order valence-corrected chi connectivity index (χ1v) is 6.52. The fourth-order valence-corrected chi connectivity index (χ4v) is 1.54. The highest BCUT2D eigenvalue weighted by molar-refractivity contribution is 7.87. The highest BCUT2D eigenvalue weighted by Gasteiger charge is 2.00. The van der Waals surface area contributed by atoms with Gasteiger partial charge in [0.1, 0.15) is 0 Å². The highest BCUT2D eigenvalue weighted by Crippen LogP contribution is 2.05. The van der Waals surface area contributed by atoms with Gasteiger partial charge in [0.25, 0.3) is 0 Å². The molecular weight excluding hydrogens is 252 g/mol. The van der Waals surface area contributed by atoms with Crippen molar-refractivity contribution in [3.8, 4) is 0 Å². The minimum atomic E-state index is -4.13. The molecule has 0 heterocycles. The molecule has 0 aliphatic heterocycles. The van der Waals surface area contributed by atoms with Gasteiger partial charge in [0, 0.05) is 5.69 Å². The van der Waals surface area contributed by atoms with E-state index in [-0.39, 0.29) is 0 Å². The molecular formula is C12H14N2O3S. The second-order valence-electron chi connectivity index (χ2n) is 3.35. The molecule has 5 nitrogen and oxygen atoms in total. The molecule has 18 heavy (non-hydrogen) atoms. The van der Waals surface area contributed by atoms with E-state index in [0.29, 0.717) is 5.69 Å². The van der Waals surface area contributed by atoms with Gasteiger partial charge in [-0.15, -0.1) is 0 Å². The van der Waals surface area contributed by atoms with Gasteiger partial charge in [0.2, 0.25) is 0 Å². The summed E-state index contributed by atoms with van der Waals surface area (Å²) in [6.07, 6.45) is 0. The number of benzene rings is 2. The van der Waals surface area contributed by atoms with Gasteiger partial charge in [0.15, 0.2) is 0 Å². The lowest BCUT2D eigenvalue weighted by Crippen LogP contribution is -2.09. The molecule has 96 valence electrons. The number of nitrogens with two attached hydrogens (primary N) is 1. The molecule has 0 amide bonds. The zero-order valence-electron chi connectivity index (χ0n) is 9.52. The van der Waals surface area contributed by atoms with Gasteiger partial charge in [-0.3, -0.25) is 9.27 Å². The van der Waals surface area contributed by atoms with Crippen LogP contribution in [0.1, 0.15) is 0 Å². The van der Waals surface area contributed by atoms with Gasteiger partial charge in [0.05, 0.1) is 5.69 Å². The summed E-state index contributed by atoms with van der Waals surface area (Å²) in [4.78, 5) is 0. The van der Waals surface area contributed by atoms with Gasteiger partial charge in [-0.05, 0) is 24.3 Å². The Morgan fingerprint density at radius 1 is 0.889 bits per heavy atom. The largest absolute Gasteiger partial charge is 0.399 e. The third-order valence-electron chi connectivity index (χ3n) is 1.82. The van der Waals surface area contributed by atoms with E-state index in [1.165, 1.54) is 12.1 Å². The van der Waals surface area contributed by atoms with Crippen LogP contribution in [0.25, 0.3) is 0 Å². The van der Waals surface area contributed by atoms with Crippen molar-refractivity contribution >= 4 is 21.7 Å². The molecule has 0 atom stereocenters. The molecule has 2 aromatic carbocycles. The summed E-state index contributed by atoms with van der Waals surface area (Å²) in [5.41, 5.74) is 6.52. The maximum Gasteiger partial charge on any atom is 0.357 e. The Kier molecular flexibility index (Phi) is 5.16. The molecule has 0 saturated carbocycles. The Bertz CT molecular complexity index is 556. The number of para-hydroxylation sites is 2. The quantitative estimate of drug-likeness (QED) is 0.573. The van der Waals surface area contributed by atoms with Crippen LogP contribution in [-0.2, 0) is 10.3 Å². The molecule has 0 aliphatic carbocycles. The molecule has 0 bridgehead atoms. The second-order valence-corrected chi connectivity index (χ2v) is 4.51. The number of rotatable bonds is 2. The fourth-order valence-electron chi connectivity index (χ4n) is 1.11. The van der Waals surface area contributed by atoms with Gasteiger partial charge >= 0.3 is 10.3 Å². The summed E-state index contributed by atoms with van der Waals surface area (Å²) < 4.78 is 30.7. The van der Waals surface area contributed by atoms with Crippen LogP contribution in [0.2, 0.25) is 0 Å². The van der Waals surface area contributed by atoms with Crippen LogP contribution in [-0.4, -0.2) is 13.0 Å². The topological polar surface area (TPSA) is 92.4 Å². The summed E-state index contributed by atoms with van der Waals surface area (Å²) in [5, 5.41) is 0. The summed E-state index contributed by atoms with van der Waals surface area (Å²) >= 11 is 0. The van der Waals surface area contributed by atoms with Crippen LogP contribution >= 0.6 is 0 Å². The van der Waals surface area contributed by atoms with Crippen molar-refractivity contribution in [1.82, 2.24) is 0 Å². The second kappa shape index (κ2) is 6.63. The molecule has 2 aromatic rings. The predicted octanol–water partition coefficient (Wildman–Crippen LogP) is 2.17. The lowest BCUT2D eigenvalue weighted by atomic mass is 10.3. The van der Waals surface area contributed by atoms with E-state index in [1.807, 2.05) is 35.1 Å². The fraction of sp³-hybridized carbons (Fsp3) is 0. The molecule has 0 spiro atoms. The average Bonchev–Trinajstić information content (AvgIpc) is 2.30. The van der Waals surface area contributed by atoms with Crippen LogP contribution in [0.15, 0.2) is 60.7 Å². The SMILES string of the molecule is Nc1ccccc1.O=S(=O)(O)Nc1ccccc1. The molecule has 0 radical (unpaired) electrons. The van der Waals surface area contributed by atoms with E-state index in [1.54, 1.807) is 18.2 Å². The first-order chi connectivity index (χ1) is 8.47. The van der Waals surface area contributed by atoms with Gasteiger partial charge < -0.3 is 5.73 Å². The smallest absolute Gasteiger partial charge is 0.357 e. The van der Waals surface area contributed by atoms with Crippen LogP contribution in [0.4, 0.5) is 11.4 Å². The third kappa shape index (κ3) is 6.51. The Morgan fingerprint density at radius 3 is 1.67 bits per heavy atom. The number of hydrogen-bond acceptors (Lipinski definition) is 3. The summed E-state index contributed by atoms with van der Waals surface area (Å²) in [6, 6.07) is 17.6. The first-order valence-electron chi connectivity index (χ1n) is 5.08. The maximum atomic E-state index is 10.2. The maximum absolute atomic E-state index is 10.2. The number of nitrogen functional groups attached to an aromatic ring is 1. The lowest BCUT2D eigenvalue weighted by molar-refractivity contribution is 0.490. The molecule has 0 aliphatic rings. The van der Waals surface area contributed by atoms with Crippen molar-refractivity contribution < 1.29 is 13.0 Å². The third-order valence-corrected chi connectivity index (χ3v) is 2.31. The van der Waals surface area contributed by atoms with Crippen molar-refractivity contribution in [1.29, 1.82) is 0 Å². The molecule has 0 saturated heterocycles. The van der Waals surface area contributed by atoms with Crippen molar-refractivity contribution in [2.24, 2.45) is 0 Å².